The van der Waals surface area contributed by atoms with Crippen LogP contribution in [-0.4, -0.2) is 29.9 Å². The number of nitrogens with zero attached hydrogens (tertiary/aromatic N) is 6. The first-order valence-corrected chi connectivity index (χ1v) is 18.5. The van der Waals surface area contributed by atoms with Gasteiger partial charge < -0.3 is 0 Å². The van der Waals surface area contributed by atoms with Crippen molar-refractivity contribution in [3.8, 4) is 79.5 Å². The predicted octanol–water partition coefficient (Wildman–Crippen LogP) is 12.0. The van der Waals surface area contributed by atoms with Crippen molar-refractivity contribution in [3.63, 3.8) is 0 Å². The predicted molar refractivity (Wildman–Crippen MR) is 226 cm³/mol. The number of benzene rings is 8. The Labute approximate surface area is 324 Å². The maximum atomic E-state index is 4.99. The van der Waals surface area contributed by atoms with Crippen molar-refractivity contribution in [2.24, 2.45) is 0 Å². The van der Waals surface area contributed by atoms with E-state index in [9.17, 15) is 0 Å². The van der Waals surface area contributed by atoms with Gasteiger partial charge in [-0.2, -0.15) is 0 Å². The summed E-state index contributed by atoms with van der Waals surface area (Å²) in [6.45, 7) is 0. The van der Waals surface area contributed by atoms with E-state index in [4.69, 9.17) is 29.9 Å². The van der Waals surface area contributed by atoms with Crippen LogP contribution in [-0.2, 0) is 0 Å². The van der Waals surface area contributed by atoms with Gasteiger partial charge in [-0.05, 0) is 44.8 Å². The van der Waals surface area contributed by atoms with Crippen LogP contribution in [0.15, 0.2) is 194 Å². The van der Waals surface area contributed by atoms with Gasteiger partial charge in [0.1, 0.15) is 0 Å². The van der Waals surface area contributed by atoms with E-state index in [0.29, 0.717) is 34.9 Å². The Hall–Kier alpha value is -7.70. The Morgan fingerprint density at radius 1 is 0.179 bits per heavy atom. The van der Waals surface area contributed by atoms with Crippen LogP contribution in [0.1, 0.15) is 0 Å². The van der Waals surface area contributed by atoms with E-state index in [1.54, 1.807) is 0 Å². The maximum Gasteiger partial charge on any atom is 0.164 e. The topological polar surface area (TPSA) is 77.3 Å². The van der Waals surface area contributed by atoms with Crippen LogP contribution in [0.25, 0.3) is 101 Å². The lowest BCUT2D eigenvalue weighted by atomic mass is 10.0. The summed E-state index contributed by atoms with van der Waals surface area (Å²) in [5.41, 5.74) is 7.73. The second-order valence-corrected chi connectivity index (χ2v) is 13.6. The molecule has 0 atom stereocenters. The monoisotopic (exact) mass is 716 g/mol. The maximum absolute atomic E-state index is 4.99. The van der Waals surface area contributed by atoms with Crippen molar-refractivity contribution < 1.29 is 0 Å². The van der Waals surface area contributed by atoms with Gasteiger partial charge in [0, 0.05) is 33.4 Å². The first kappa shape index (κ1) is 32.9. The van der Waals surface area contributed by atoms with Gasteiger partial charge in [0.2, 0.25) is 0 Å². The van der Waals surface area contributed by atoms with E-state index >= 15 is 0 Å². The highest BCUT2D eigenvalue weighted by molar-refractivity contribution is 5.88. The lowest BCUT2D eigenvalue weighted by Gasteiger charge is -2.10. The number of hydrogen-bond acceptors (Lipinski definition) is 6. The number of hydrogen-bond donors (Lipinski definition) is 0. The Kier molecular flexibility index (Phi) is 8.39. The van der Waals surface area contributed by atoms with Gasteiger partial charge in [-0.3, -0.25) is 0 Å². The minimum Gasteiger partial charge on any atom is -0.208 e. The largest absolute Gasteiger partial charge is 0.208 e. The fraction of sp³-hybridized carbons (Fsp3) is 0. The quantitative estimate of drug-likeness (QED) is 0.163. The number of fused-ring (bicyclic) bond motifs is 2. The van der Waals surface area contributed by atoms with Gasteiger partial charge in [-0.25, -0.2) is 29.9 Å². The standard InChI is InChI=1S/C50H32N6/c1-3-13-37(14-4-1)45-51-47(55-49(53-45)43-29-23-33-11-7-9-17-41(33)31-43)39-25-19-35(20-26-39)36-21-27-40(28-22-36)48-52-46(38-15-5-2-6-16-38)54-50(56-48)44-30-24-34-12-8-10-18-42(34)32-44/h1-32H. The SMILES string of the molecule is c1ccc(-c2nc(-c3ccc(-c4ccc(-c5nc(-c6ccccc6)nc(-c6ccc7ccccc7c6)n5)cc4)cc3)nc(-c3ccc4ccccc4c3)n2)cc1. The van der Waals surface area contributed by atoms with E-state index in [-0.39, 0.29) is 0 Å². The van der Waals surface area contributed by atoms with Gasteiger partial charge in [0.25, 0.3) is 0 Å². The van der Waals surface area contributed by atoms with Gasteiger partial charge >= 0.3 is 0 Å². The fourth-order valence-electron chi connectivity index (χ4n) is 6.98. The molecule has 0 bridgehead atoms. The minimum absolute atomic E-state index is 0.621. The first-order valence-electron chi connectivity index (χ1n) is 18.5. The Morgan fingerprint density at radius 3 is 0.786 bits per heavy atom. The van der Waals surface area contributed by atoms with E-state index in [2.05, 4.69) is 121 Å². The van der Waals surface area contributed by atoms with Crippen molar-refractivity contribution in [1.82, 2.24) is 29.9 Å². The van der Waals surface area contributed by atoms with Crippen LogP contribution in [0.4, 0.5) is 0 Å². The molecule has 6 nitrogen and oxygen atoms in total. The van der Waals surface area contributed by atoms with Crippen molar-refractivity contribution in [3.05, 3.63) is 194 Å². The smallest absolute Gasteiger partial charge is 0.164 e. The van der Waals surface area contributed by atoms with E-state index < -0.39 is 0 Å². The molecule has 6 heteroatoms. The number of aromatic nitrogens is 6. The first-order chi connectivity index (χ1) is 27.7. The molecular formula is C50H32N6. The number of rotatable bonds is 7. The van der Waals surface area contributed by atoms with Gasteiger partial charge in [-0.1, -0.05) is 182 Å². The molecule has 0 saturated heterocycles. The summed E-state index contributed by atoms with van der Waals surface area (Å²) in [5.74, 6) is 3.78. The van der Waals surface area contributed by atoms with Crippen molar-refractivity contribution >= 4 is 21.5 Å². The van der Waals surface area contributed by atoms with Gasteiger partial charge in [-0.15, -0.1) is 0 Å². The molecule has 0 aliphatic rings. The minimum atomic E-state index is 0.621. The van der Waals surface area contributed by atoms with Crippen molar-refractivity contribution in [1.29, 1.82) is 0 Å². The molecule has 0 radical (unpaired) electrons. The second kappa shape index (κ2) is 14.3. The molecule has 0 saturated carbocycles. The second-order valence-electron chi connectivity index (χ2n) is 13.6. The fourth-order valence-corrected chi connectivity index (χ4v) is 6.98. The Balaban J connectivity index is 0.980. The summed E-state index contributed by atoms with van der Waals surface area (Å²) in [6.07, 6.45) is 0. The van der Waals surface area contributed by atoms with Crippen LogP contribution in [0, 0.1) is 0 Å². The van der Waals surface area contributed by atoms with Gasteiger partial charge in [0.05, 0.1) is 0 Å². The lowest BCUT2D eigenvalue weighted by Crippen LogP contribution is -2.00. The van der Waals surface area contributed by atoms with Crippen LogP contribution in [0.3, 0.4) is 0 Å². The van der Waals surface area contributed by atoms with E-state index in [0.717, 1.165) is 55.3 Å². The lowest BCUT2D eigenvalue weighted by molar-refractivity contribution is 1.07. The van der Waals surface area contributed by atoms with Crippen LogP contribution in [0.2, 0.25) is 0 Å². The Bertz CT molecular complexity index is 2790. The molecule has 262 valence electrons. The average Bonchev–Trinajstić information content (AvgIpc) is 3.29. The summed E-state index contributed by atoms with van der Waals surface area (Å²) in [4.78, 5) is 29.7. The molecule has 10 aromatic rings. The van der Waals surface area contributed by atoms with Crippen LogP contribution >= 0.6 is 0 Å². The zero-order valence-electron chi connectivity index (χ0n) is 30.2. The summed E-state index contributed by atoms with van der Waals surface area (Å²) in [7, 11) is 0. The van der Waals surface area contributed by atoms with Gasteiger partial charge in [0.15, 0.2) is 34.9 Å². The molecule has 10 rings (SSSR count). The molecule has 0 unspecified atom stereocenters. The molecule has 2 aromatic heterocycles. The summed E-state index contributed by atoms with van der Waals surface area (Å²) in [5, 5.41) is 4.63. The molecule has 0 aliphatic heterocycles. The Morgan fingerprint density at radius 2 is 0.429 bits per heavy atom. The molecule has 56 heavy (non-hydrogen) atoms. The highest BCUT2D eigenvalue weighted by Gasteiger charge is 2.15. The molecule has 2 heterocycles. The molecule has 0 spiro atoms. The third-order valence-corrected chi connectivity index (χ3v) is 9.97. The van der Waals surface area contributed by atoms with Crippen LogP contribution in [0.5, 0.6) is 0 Å². The zero-order chi connectivity index (χ0) is 37.3. The van der Waals surface area contributed by atoms with Crippen LogP contribution < -0.4 is 0 Å². The normalized spacial score (nSPS) is 11.2. The summed E-state index contributed by atoms with van der Waals surface area (Å²) < 4.78 is 0. The zero-order valence-corrected chi connectivity index (χ0v) is 30.2. The molecular weight excluding hydrogens is 685 g/mol. The molecule has 0 aliphatic carbocycles. The third kappa shape index (κ3) is 6.57. The highest BCUT2D eigenvalue weighted by Crippen LogP contribution is 2.31. The molecule has 0 fully saturated rings. The van der Waals surface area contributed by atoms with E-state index in [1.807, 2.05) is 72.8 Å². The molecule has 0 N–H and O–H groups in total. The van der Waals surface area contributed by atoms with Crippen molar-refractivity contribution in [2.75, 3.05) is 0 Å². The highest BCUT2D eigenvalue weighted by atomic mass is 15.0. The molecule has 0 amide bonds. The van der Waals surface area contributed by atoms with E-state index in [1.165, 1.54) is 10.8 Å². The summed E-state index contributed by atoms with van der Waals surface area (Å²) >= 11 is 0. The summed E-state index contributed by atoms with van der Waals surface area (Å²) in [6, 6.07) is 66.2. The van der Waals surface area contributed by atoms with Crippen molar-refractivity contribution in [2.45, 2.75) is 0 Å². The third-order valence-electron chi connectivity index (χ3n) is 9.97. The molecule has 8 aromatic carbocycles. The average molecular weight is 717 g/mol.